The molecule has 2 aliphatic carbocycles. The number of hydrogen-bond donors (Lipinski definition) is 0. The summed E-state index contributed by atoms with van der Waals surface area (Å²) in [6.07, 6.45) is 16.5. The van der Waals surface area contributed by atoms with E-state index in [0.717, 1.165) is 90.3 Å². The van der Waals surface area contributed by atoms with Crippen molar-refractivity contribution in [3.8, 4) is 23.0 Å². The summed E-state index contributed by atoms with van der Waals surface area (Å²) < 4.78 is 50.9. The maximum Gasteiger partial charge on any atom is 0.343 e. The van der Waals surface area contributed by atoms with Crippen molar-refractivity contribution in [2.45, 2.75) is 97.5 Å². The third kappa shape index (κ3) is 18.1. The molecule has 0 heterocycles. The Labute approximate surface area is 373 Å². The Kier molecular flexibility index (Phi) is 22.6. The third-order valence-corrected chi connectivity index (χ3v) is 11.1. The summed E-state index contributed by atoms with van der Waals surface area (Å²) in [5, 5.41) is 0. The molecule has 2 bridgehead atoms. The molecule has 0 aromatic heterocycles. The maximum absolute atomic E-state index is 13.3. The first-order valence-electron chi connectivity index (χ1n) is 23.1. The first-order valence-corrected chi connectivity index (χ1v) is 23.1. The van der Waals surface area contributed by atoms with Crippen molar-refractivity contribution < 1.29 is 57.0 Å². The number of carbonyl (C=O) groups excluding carboxylic acids is 3. The van der Waals surface area contributed by atoms with Crippen LogP contribution < -0.4 is 18.9 Å². The van der Waals surface area contributed by atoms with Crippen LogP contribution in [0.3, 0.4) is 0 Å². The molecule has 2 aliphatic rings. The van der Waals surface area contributed by atoms with Crippen LogP contribution in [-0.4, -0.2) is 84.0 Å². The maximum atomic E-state index is 13.3. The molecule has 63 heavy (non-hydrogen) atoms. The van der Waals surface area contributed by atoms with Gasteiger partial charge in [-0.3, -0.25) is 4.79 Å². The van der Waals surface area contributed by atoms with Crippen LogP contribution in [0.25, 0.3) is 0 Å². The Balaban J connectivity index is 1.07. The summed E-state index contributed by atoms with van der Waals surface area (Å²) in [4.78, 5) is 39.7. The number of rotatable bonds is 33. The molecular formula is C51H68O12. The molecule has 0 aliphatic heterocycles. The average molecular weight is 873 g/mol. The number of fused-ring (bicyclic) bond motifs is 2. The van der Waals surface area contributed by atoms with E-state index in [4.69, 9.17) is 42.6 Å². The Morgan fingerprint density at radius 2 is 1.00 bits per heavy atom. The predicted octanol–water partition coefficient (Wildman–Crippen LogP) is 10.1. The fraction of sp³-hybridized carbons (Fsp3) is 0.549. The highest BCUT2D eigenvalue weighted by atomic mass is 16.6. The number of hydrogen-bond acceptors (Lipinski definition) is 12. The Morgan fingerprint density at radius 1 is 0.508 bits per heavy atom. The molecule has 3 unspecified atom stereocenters. The molecule has 0 amide bonds. The monoisotopic (exact) mass is 872 g/mol. The van der Waals surface area contributed by atoms with Crippen molar-refractivity contribution in [1.29, 1.82) is 0 Å². The van der Waals surface area contributed by atoms with Gasteiger partial charge < -0.3 is 42.6 Å². The molecule has 3 atom stereocenters. The van der Waals surface area contributed by atoms with Crippen molar-refractivity contribution >= 4 is 17.9 Å². The lowest BCUT2D eigenvalue weighted by Crippen LogP contribution is -2.21. The minimum absolute atomic E-state index is 0.158. The molecule has 0 radical (unpaired) electrons. The summed E-state index contributed by atoms with van der Waals surface area (Å²) in [6, 6.07) is 18.3. The van der Waals surface area contributed by atoms with Crippen LogP contribution in [0.1, 0.15) is 117 Å². The number of unbranched alkanes of at least 4 members (excludes halogenated alkanes) is 8. The van der Waals surface area contributed by atoms with Gasteiger partial charge in [0, 0.05) is 32.0 Å². The van der Waals surface area contributed by atoms with Crippen molar-refractivity contribution in [2.24, 2.45) is 17.8 Å². The van der Waals surface area contributed by atoms with Crippen LogP contribution >= 0.6 is 0 Å². The molecule has 1 saturated carbocycles. The summed E-state index contributed by atoms with van der Waals surface area (Å²) in [7, 11) is 0. The van der Waals surface area contributed by atoms with Gasteiger partial charge in [-0.15, -0.1) is 0 Å². The molecule has 0 saturated heterocycles. The van der Waals surface area contributed by atoms with Crippen molar-refractivity contribution in [2.75, 3.05) is 66.1 Å². The highest BCUT2D eigenvalue weighted by molar-refractivity contribution is 5.92. The molecule has 1 fully saturated rings. The van der Waals surface area contributed by atoms with Crippen molar-refractivity contribution in [3.05, 3.63) is 95.6 Å². The lowest BCUT2D eigenvalue weighted by Gasteiger charge is -2.18. The van der Waals surface area contributed by atoms with Crippen LogP contribution in [0.5, 0.6) is 23.0 Å². The zero-order valence-corrected chi connectivity index (χ0v) is 37.4. The van der Waals surface area contributed by atoms with E-state index in [2.05, 4.69) is 12.2 Å². The van der Waals surface area contributed by atoms with Crippen LogP contribution in [0.2, 0.25) is 0 Å². The van der Waals surface area contributed by atoms with Gasteiger partial charge in [-0.05, 0) is 131 Å². The first kappa shape index (κ1) is 49.3. The van der Waals surface area contributed by atoms with Crippen molar-refractivity contribution in [1.82, 2.24) is 0 Å². The van der Waals surface area contributed by atoms with Gasteiger partial charge >= 0.3 is 17.9 Å². The lowest BCUT2D eigenvalue weighted by molar-refractivity contribution is -0.150. The third-order valence-electron chi connectivity index (χ3n) is 11.1. The zero-order chi connectivity index (χ0) is 44.3. The van der Waals surface area contributed by atoms with Gasteiger partial charge in [-0.1, -0.05) is 50.7 Å². The molecule has 3 aromatic carbocycles. The van der Waals surface area contributed by atoms with Gasteiger partial charge in [-0.2, -0.15) is 0 Å². The quantitative estimate of drug-likeness (QED) is 0.0250. The van der Waals surface area contributed by atoms with E-state index < -0.39 is 11.9 Å². The number of benzene rings is 3. The lowest BCUT2D eigenvalue weighted by atomic mass is 9.94. The molecule has 12 heteroatoms. The smallest absolute Gasteiger partial charge is 0.343 e. The fourth-order valence-electron chi connectivity index (χ4n) is 7.62. The fourth-order valence-corrected chi connectivity index (χ4v) is 7.62. The second-order valence-electron chi connectivity index (χ2n) is 15.9. The highest BCUT2D eigenvalue weighted by Gasteiger charge is 2.40. The summed E-state index contributed by atoms with van der Waals surface area (Å²) in [5.74, 6) is 0.689. The zero-order valence-electron chi connectivity index (χ0n) is 37.4. The van der Waals surface area contributed by atoms with Crippen LogP contribution in [-0.2, 0) is 35.1 Å². The molecule has 0 N–H and O–H groups in total. The molecule has 12 nitrogen and oxygen atoms in total. The van der Waals surface area contributed by atoms with Gasteiger partial charge in [0.25, 0.3) is 0 Å². The number of carbonyl (C=O) groups is 3. The summed E-state index contributed by atoms with van der Waals surface area (Å²) in [6.45, 7) is 10.5. The normalized spacial score (nSPS) is 16.3. The average Bonchev–Trinajstić information content (AvgIpc) is 3.95. The van der Waals surface area contributed by atoms with Crippen LogP contribution in [0.4, 0.5) is 0 Å². The first-order chi connectivity index (χ1) is 30.9. The van der Waals surface area contributed by atoms with Crippen LogP contribution in [0.15, 0.2) is 78.9 Å². The van der Waals surface area contributed by atoms with Crippen LogP contribution in [0, 0.1) is 17.8 Å². The van der Waals surface area contributed by atoms with Gasteiger partial charge in [0.05, 0.1) is 56.7 Å². The second kappa shape index (κ2) is 28.8. The van der Waals surface area contributed by atoms with E-state index in [-0.39, 0.29) is 35.9 Å². The topological polar surface area (TPSA) is 134 Å². The van der Waals surface area contributed by atoms with E-state index in [0.29, 0.717) is 87.0 Å². The SMILES string of the molecule is CCOCCOCCCCCCCOc1ccc(C(=O)Oc2ccc(OC(=O)c3ccc(OCCCCCCCOCCOCC)cc3)c(COC(=O)C3CC4C=CC3C4)c2)cc1. The summed E-state index contributed by atoms with van der Waals surface area (Å²) >= 11 is 0. The van der Waals surface area contributed by atoms with E-state index in [1.807, 2.05) is 13.8 Å². The second-order valence-corrected chi connectivity index (χ2v) is 15.9. The van der Waals surface area contributed by atoms with E-state index >= 15 is 0 Å². The molecule has 0 spiro atoms. The number of allylic oxidation sites excluding steroid dienone is 2. The van der Waals surface area contributed by atoms with E-state index in [9.17, 15) is 14.4 Å². The number of esters is 3. The van der Waals surface area contributed by atoms with Gasteiger partial charge in [-0.25, -0.2) is 9.59 Å². The van der Waals surface area contributed by atoms with Crippen molar-refractivity contribution in [3.63, 3.8) is 0 Å². The molecular weight excluding hydrogens is 805 g/mol. The predicted molar refractivity (Wildman–Crippen MR) is 240 cm³/mol. The Bertz CT molecular complexity index is 1810. The minimum atomic E-state index is -0.587. The minimum Gasteiger partial charge on any atom is -0.494 e. The largest absolute Gasteiger partial charge is 0.494 e. The van der Waals surface area contributed by atoms with E-state index in [1.165, 1.54) is 0 Å². The number of ether oxygens (including phenoxy) is 9. The molecule has 3 aromatic rings. The van der Waals surface area contributed by atoms with Gasteiger partial charge in [0.2, 0.25) is 0 Å². The highest BCUT2D eigenvalue weighted by Crippen LogP contribution is 2.44. The van der Waals surface area contributed by atoms with E-state index in [1.54, 1.807) is 66.7 Å². The molecule has 5 rings (SSSR count). The Morgan fingerprint density at radius 3 is 1.51 bits per heavy atom. The van der Waals surface area contributed by atoms with Gasteiger partial charge in [0.1, 0.15) is 29.6 Å². The standard InChI is InChI=1S/C51H68O12/c1-3-55-31-33-57-27-11-7-5-9-13-29-59-44-21-17-40(18-22-44)49(52)62-46-25-26-48(43(37-46)38-61-51(54)47-36-39-15-16-42(47)35-39)63-50(53)41-19-23-45(24-20-41)60-30-14-10-6-8-12-28-58-34-32-56-4-2/h15-26,37,39,42,47H,3-14,27-36,38H2,1-2H3. The Hall–Kier alpha value is -4.75. The molecule has 344 valence electrons. The van der Waals surface area contributed by atoms with Gasteiger partial charge in [0.15, 0.2) is 0 Å². The summed E-state index contributed by atoms with van der Waals surface area (Å²) in [5.41, 5.74) is 1.07.